The fraction of sp³-hybridized carbons (Fsp3) is 0.294. The second kappa shape index (κ2) is 8.06. The van der Waals surface area contributed by atoms with Gasteiger partial charge in [-0.15, -0.1) is 0 Å². The van der Waals surface area contributed by atoms with Gasteiger partial charge in [-0.05, 0) is 24.2 Å². The summed E-state index contributed by atoms with van der Waals surface area (Å²) in [6.45, 7) is 1.99. The van der Waals surface area contributed by atoms with E-state index in [2.05, 4.69) is 0 Å². The summed E-state index contributed by atoms with van der Waals surface area (Å²) >= 11 is 0. The van der Waals surface area contributed by atoms with E-state index >= 15 is 0 Å². The Morgan fingerprint density at radius 2 is 1.42 bits per heavy atom. The lowest BCUT2D eigenvalue weighted by molar-refractivity contribution is 0.151. The van der Waals surface area contributed by atoms with Crippen molar-refractivity contribution in [3.05, 3.63) is 60.2 Å². The molecule has 7 heteroatoms. The third-order valence-electron chi connectivity index (χ3n) is 3.91. The highest BCUT2D eigenvalue weighted by Gasteiger charge is 2.49. The molecular weight excluding hydrogens is 340 g/mol. The number of hydrogen-bond donors (Lipinski definition) is 1. The van der Waals surface area contributed by atoms with Crippen LogP contribution in [0.5, 0.6) is 5.75 Å². The van der Waals surface area contributed by atoms with Gasteiger partial charge in [0.1, 0.15) is 5.75 Å². The zero-order valence-electron chi connectivity index (χ0n) is 14.5. The molecule has 2 aromatic rings. The van der Waals surface area contributed by atoms with Crippen molar-refractivity contribution in [2.45, 2.75) is 12.6 Å². The van der Waals surface area contributed by atoms with Gasteiger partial charge in [0.25, 0.3) is 0 Å². The van der Waals surface area contributed by atoms with Crippen molar-refractivity contribution in [3.8, 4) is 5.75 Å². The van der Waals surface area contributed by atoms with Gasteiger partial charge in [0.05, 0.1) is 0 Å². The van der Waals surface area contributed by atoms with Crippen LogP contribution >= 0.6 is 0 Å². The van der Waals surface area contributed by atoms with Gasteiger partial charge in [-0.1, -0.05) is 42.5 Å². The molecule has 1 unspecified atom stereocenters. The van der Waals surface area contributed by atoms with Gasteiger partial charge in [-0.3, -0.25) is 0 Å². The van der Waals surface area contributed by atoms with Crippen LogP contribution in [0.4, 0.5) is 0 Å². The first-order chi connectivity index (χ1) is 11.5. The monoisotopic (exact) mass is 364 g/mol. The van der Waals surface area contributed by atoms with Crippen LogP contribution < -0.4 is 5.19 Å². The van der Waals surface area contributed by atoms with Gasteiger partial charge >= 0.3 is 17.4 Å². The predicted octanol–water partition coefficient (Wildman–Crippen LogP) is 2.35. The summed E-state index contributed by atoms with van der Waals surface area (Å²) in [5.74, 6) is 0.238. The van der Waals surface area contributed by atoms with Gasteiger partial charge in [0.2, 0.25) is 0 Å². The Balaban J connectivity index is 2.29. The summed E-state index contributed by atoms with van der Waals surface area (Å²) in [4.78, 5) is 0. The zero-order chi connectivity index (χ0) is 17.6. The van der Waals surface area contributed by atoms with E-state index in [1.807, 2.05) is 49.0 Å². The number of phenols is 1. The number of rotatable bonds is 8. The van der Waals surface area contributed by atoms with E-state index in [9.17, 15) is 5.11 Å². The Bertz CT molecular complexity index is 631. The number of hydrogen-bond acceptors (Lipinski definition) is 5. The highest BCUT2D eigenvalue weighted by molar-refractivity contribution is 6.84. The molecule has 1 atom stereocenters. The average molecular weight is 365 g/mol. The highest BCUT2D eigenvalue weighted by Crippen LogP contribution is 2.22. The molecule has 130 valence electrons. The molecule has 0 aliphatic carbocycles. The van der Waals surface area contributed by atoms with Gasteiger partial charge < -0.3 is 22.5 Å². The van der Waals surface area contributed by atoms with E-state index in [0.29, 0.717) is 6.04 Å². The Morgan fingerprint density at radius 3 is 1.92 bits per heavy atom. The molecule has 0 saturated carbocycles. The molecule has 0 heterocycles. The van der Waals surface area contributed by atoms with Crippen LogP contribution in [-0.4, -0.2) is 43.8 Å². The smallest absolute Gasteiger partial charge is 0.508 e. The van der Waals surface area contributed by atoms with E-state index in [0.717, 1.165) is 10.8 Å². The summed E-state index contributed by atoms with van der Waals surface area (Å²) in [6.07, 6.45) is 0. The predicted molar refractivity (Wildman–Crippen MR) is 97.4 cm³/mol. The molecule has 0 amide bonds. The van der Waals surface area contributed by atoms with Crippen LogP contribution in [0.3, 0.4) is 0 Å². The topological polar surface area (TPSA) is 57.2 Å². The van der Waals surface area contributed by atoms with Gasteiger partial charge in [-0.2, -0.15) is 0 Å². The van der Waals surface area contributed by atoms with Crippen LogP contribution in [0.25, 0.3) is 0 Å². The van der Waals surface area contributed by atoms with Crippen molar-refractivity contribution in [2.24, 2.45) is 0 Å². The third-order valence-corrected chi connectivity index (χ3v) is 10.7. The molecule has 1 N–H and O–H groups in total. The normalized spacial score (nSPS) is 14.3. The maximum absolute atomic E-state index is 9.44. The maximum atomic E-state index is 9.44. The van der Waals surface area contributed by atoms with Gasteiger partial charge in [-0.25, -0.2) is 0 Å². The van der Waals surface area contributed by atoms with Crippen molar-refractivity contribution in [1.29, 1.82) is 0 Å². The minimum atomic E-state index is -3.05. The average Bonchev–Trinajstić information content (AvgIpc) is 2.63. The fourth-order valence-electron chi connectivity index (χ4n) is 2.52. The number of aromatic hydroxyl groups is 1. The molecule has 0 spiro atoms. The molecule has 0 radical (unpaired) electrons. The Hall–Kier alpha value is -1.49. The molecule has 0 aromatic heterocycles. The SMILES string of the molecule is CO[Si](C)(Cc1ccc(O)cc1)O[Si](OC)(OC)c1ccccc1. The second-order valence-corrected chi connectivity index (χ2v) is 12.0. The van der Waals surface area contributed by atoms with E-state index < -0.39 is 17.4 Å². The summed E-state index contributed by atoms with van der Waals surface area (Å²) in [7, 11) is -0.800. The van der Waals surface area contributed by atoms with Crippen molar-refractivity contribution in [3.63, 3.8) is 0 Å². The Kier molecular flexibility index (Phi) is 6.33. The molecule has 0 aliphatic heterocycles. The number of benzene rings is 2. The maximum Gasteiger partial charge on any atom is 0.527 e. The Morgan fingerprint density at radius 1 is 0.833 bits per heavy atom. The molecule has 2 rings (SSSR count). The molecule has 0 saturated heterocycles. The van der Waals surface area contributed by atoms with Crippen LogP contribution in [-0.2, 0) is 23.4 Å². The largest absolute Gasteiger partial charge is 0.527 e. The van der Waals surface area contributed by atoms with E-state index in [-0.39, 0.29) is 5.75 Å². The first kappa shape index (κ1) is 18.8. The van der Waals surface area contributed by atoms with E-state index in [4.69, 9.17) is 17.4 Å². The lowest BCUT2D eigenvalue weighted by Gasteiger charge is -2.35. The molecule has 0 aliphatic rings. The third kappa shape index (κ3) is 4.32. The van der Waals surface area contributed by atoms with Gasteiger partial charge in [0.15, 0.2) is 0 Å². The van der Waals surface area contributed by atoms with Crippen molar-refractivity contribution in [2.75, 3.05) is 21.3 Å². The zero-order valence-corrected chi connectivity index (χ0v) is 16.5. The minimum Gasteiger partial charge on any atom is -0.508 e. The van der Waals surface area contributed by atoms with Crippen LogP contribution in [0.2, 0.25) is 6.55 Å². The van der Waals surface area contributed by atoms with Crippen LogP contribution in [0, 0.1) is 0 Å². The van der Waals surface area contributed by atoms with E-state index in [1.54, 1.807) is 33.5 Å². The molecular formula is C17H24O5Si2. The summed E-state index contributed by atoms with van der Waals surface area (Å²) < 4.78 is 23.7. The molecule has 0 bridgehead atoms. The first-order valence-electron chi connectivity index (χ1n) is 7.66. The number of phenolic OH excluding ortho intramolecular Hbond substituents is 1. The highest BCUT2D eigenvalue weighted by atomic mass is 28.5. The molecule has 24 heavy (non-hydrogen) atoms. The standard InChI is InChI=1S/C17H24O5Si2/c1-19-23(4,14-15-10-12-16(18)13-11-15)22-24(20-2,21-3)17-8-6-5-7-9-17/h5-13,18H,14H2,1-4H3. The molecule has 5 nitrogen and oxygen atoms in total. The molecule has 0 fully saturated rings. The molecule has 2 aromatic carbocycles. The summed E-state index contributed by atoms with van der Waals surface area (Å²) in [6, 6.07) is 17.4. The van der Waals surface area contributed by atoms with Gasteiger partial charge in [0, 0.05) is 32.6 Å². The van der Waals surface area contributed by atoms with Crippen molar-refractivity contribution < 1.29 is 22.5 Å². The van der Waals surface area contributed by atoms with Crippen molar-refractivity contribution in [1.82, 2.24) is 0 Å². The lowest BCUT2D eigenvalue weighted by atomic mass is 10.2. The minimum absolute atomic E-state index is 0.238. The van der Waals surface area contributed by atoms with E-state index in [1.165, 1.54) is 0 Å². The quantitative estimate of drug-likeness (QED) is 0.729. The van der Waals surface area contributed by atoms with Crippen molar-refractivity contribution >= 4 is 22.6 Å². The fourth-order valence-corrected chi connectivity index (χ4v) is 8.92. The first-order valence-corrected chi connectivity index (χ1v) is 11.9. The van der Waals surface area contributed by atoms with Crippen LogP contribution in [0.15, 0.2) is 54.6 Å². The summed E-state index contributed by atoms with van der Waals surface area (Å²) in [5, 5.41) is 10.3. The summed E-state index contributed by atoms with van der Waals surface area (Å²) in [5.41, 5.74) is 1.03. The Labute approximate surface area is 145 Å². The lowest BCUT2D eigenvalue weighted by Crippen LogP contribution is -2.62. The van der Waals surface area contributed by atoms with Crippen LogP contribution in [0.1, 0.15) is 5.56 Å². The second-order valence-electron chi connectivity index (χ2n) is 5.61.